The molecule has 0 radical (unpaired) electrons. The zero-order valence-corrected chi connectivity index (χ0v) is 18.7. The summed E-state index contributed by atoms with van der Waals surface area (Å²) in [7, 11) is 0. The number of nitrogens with zero attached hydrogens (tertiary/aromatic N) is 4. The van der Waals surface area contributed by atoms with E-state index in [0.717, 1.165) is 35.1 Å². The minimum atomic E-state index is -0.601. The first kappa shape index (κ1) is 23.1. The second kappa shape index (κ2) is 11.2. The van der Waals surface area contributed by atoms with Crippen molar-refractivity contribution >= 4 is 12.4 Å². The van der Waals surface area contributed by atoms with Crippen molar-refractivity contribution in [3.05, 3.63) is 54.1 Å². The molecule has 1 aromatic heterocycles. The van der Waals surface area contributed by atoms with Crippen LogP contribution in [0.5, 0.6) is 0 Å². The van der Waals surface area contributed by atoms with E-state index in [-0.39, 0.29) is 11.8 Å². The number of aromatic nitrogens is 4. The number of hydrogen-bond acceptors (Lipinski definition) is 6. The number of tetrazole rings is 1. The van der Waals surface area contributed by atoms with Crippen LogP contribution < -0.4 is 0 Å². The summed E-state index contributed by atoms with van der Waals surface area (Å²) < 4.78 is 5.29. The van der Waals surface area contributed by atoms with Crippen LogP contribution in [0.15, 0.2) is 48.5 Å². The van der Waals surface area contributed by atoms with Crippen LogP contribution >= 0.6 is 0 Å². The number of ether oxygens (including phenoxy) is 1. The molecule has 3 aromatic rings. The molecule has 3 rings (SSSR count). The molecule has 32 heavy (non-hydrogen) atoms. The number of rotatable bonds is 11. The van der Waals surface area contributed by atoms with E-state index < -0.39 is 6.23 Å². The maximum absolute atomic E-state index is 12.9. The normalized spacial score (nSPS) is 11.9. The van der Waals surface area contributed by atoms with Gasteiger partial charge in [0.25, 0.3) is 6.47 Å². The van der Waals surface area contributed by atoms with Crippen molar-refractivity contribution in [1.29, 1.82) is 0 Å². The van der Waals surface area contributed by atoms with Crippen molar-refractivity contribution < 1.29 is 14.3 Å². The highest BCUT2D eigenvalue weighted by molar-refractivity contribution is 5.80. The predicted molar refractivity (Wildman–Crippen MR) is 121 cm³/mol. The van der Waals surface area contributed by atoms with E-state index in [0.29, 0.717) is 25.3 Å². The lowest BCUT2D eigenvalue weighted by Crippen LogP contribution is -2.44. The van der Waals surface area contributed by atoms with Gasteiger partial charge in [-0.25, -0.2) is 0 Å². The fraction of sp³-hybridized carbons (Fsp3) is 0.375. The number of amides is 1. The summed E-state index contributed by atoms with van der Waals surface area (Å²) in [6.45, 7) is 6.71. The fourth-order valence-corrected chi connectivity index (χ4v) is 3.63. The van der Waals surface area contributed by atoms with Crippen molar-refractivity contribution in [3.8, 4) is 22.5 Å². The van der Waals surface area contributed by atoms with E-state index in [9.17, 15) is 9.59 Å². The van der Waals surface area contributed by atoms with Crippen LogP contribution in [-0.4, -0.2) is 44.1 Å². The number of carbonyl (C=O) groups excluding carboxylic acids is 2. The summed E-state index contributed by atoms with van der Waals surface area (Å²) in [6.07, 6.45) is 1.55. The molecule has 0 unspecified atom stereocenters. The van der Waals surface area contributed by atoms with E-state index >= 15 is 0 Å². The molecule has 1 amide bonds. The molecule has 0 fully saturated rings. The molecule has 0 aliphatic carbocycles. The largest absolute Gasteiger partial charge is 0.443 e. The maximum Gasteiger partial charge on any atom is 0.295 e. The molecule has 1 heterocycles. The number of H-pyrrole nitrogens is 1. The van der Waals surface area contributed by atoms with Gasteiger partial charge < -0.3 is 9.64 Å². The van der Waals surface area contributed by atoms with Crippen molar-refractivity contribution in [2.75, 3.05) is 0 Å². The van der Waals surface area contributed by atoms with Crippen LogP contribution in [0, 0.1) is 5.92 Å². The highest BCUT2D eigenvalue weighted by atomic mass is 16.5. The first-order chi connectivity index (χ1) is 15.5. The van der Waals surface area contributed by atoms with E-state index in [4.69, 9.17) is 4.74 Å². The Labute approximate surface area is 188 Å². The molecular formula is C24H29N5O3. The van der Waals surface area contributed by atoms with Gasteiger partial charge in [0.05, 0.1) is 0 Å². The number of aromatic amines is 1. The Morgan fingerprint density at radius 2 is 1.84 bits per heavy atom. The van der Waals surface area contributed by atoms with Crippen molar-refractivity contribution in [3.63, 3.8) is 0 Å². The monoisotopic (exact) mass is 435 g/mol. The quantitative estimate of drug-likeness (QED) is 0.358. The molecule has 1 N–H and O–H groups in total. The zero-order chi connectivity index (χ0) is 22.9. The van der Waals surface area contributed by atoms with Gasteiger partial charge in [0.2, 0.25) is 11.7 Å². The Morgan fingerprint density at radius 1 is 1.12 bits per heavy atom. The average molecular weight is 436 g/mol. The van der Waals surface area contributed by atoms with Crippen LogP contribution in [0.1, 0.15) is 45.6 Å². The molecule has 0 aliphatic heterocycles. The number of benzene rings is 2. The van der Waals surface area contributed by atoms with Crippen LogP contribution in [0.2, 0.25) is 0 Å². The van der Waals surface area contributed by atoms with E-state index in [1.54, 1.807) is 4.90 Å². The van der Waals surface area contributed by atoms with E-state index in [1.165, 1.54) is 0 Å². The summed E-state index contributed by atoms with van der Waals surface area (Å²) in [5.41, 5.74) is 3.82. The van der Waals surface area contributed by atoms with Crippen LogP contribution in [0.25, 0.3) is 22.5 Å². The molecule has 8 nitrogen and oxygen atoms in total. The molecule has 0 saturated heterocycles. The lowest BCUT2D eigenvalue weighted by molar-refractivity contribution is -0.160. The van der Waals surface area contributed by atoms with Crippen molar-refractivity contribution in [2.45, 2.75) is 52.8 Å². The third-order valence-corrected chi connectivity index (χ3v) is 5.27. The summed E-state index contributed by atoms with van der Waals surface area (Å²) in [4.78, 5) is 25.6. The highest BCUT2D eigenvalue weighted by Gasteiger charge is 2.27. The summed E-state index contributed by atoms with van der Waals surface area (Å²) >= 11 is 0. The van der Waals surface area contributed by atoms with E-state index in [2.05, 4.69) is 20.6 Å². The third-order valence-electron chi connectivity index (χ3n) is 5.27. The van der Waals surface area contributed by atoms with Crippen LogP contribution in [0.4, 0.5) is 0 Å². The van der Waals surface area contributed by atoms with Gasteiger partial charge in [0.15, 0.2) is 6.23 Å². The minimum Gasteiger partial charge on any atom is -0.443 e. The van der Waals surface area contributed by atoms with E-state index in [1.807, 2.05) is 69.3 Å². The van der Waals surface area contributed by atoms with Gasteiger partial charge in [-0.05, 0) is 28.3 Å². The molecule has 168 valence electrons. The minimum absolute atomic E-state index is 0.0149. The molecule has 0 saturated carbocycles. The molecule has 0 spiro atoms. The molecule has 1 atom stereocenters. The van der Waals surface area contributed by atoms with Crippen LogP contribution in [-0.2, 0) is 20.9 Å². The number of nitrogens with one attached hydrogen (secondary N) is 1. The molecule has 2 aromatic carbocycles. The summed E-state index contributed by atoms with van der Waals surface area (Å²) in [5, 5.41) is 14.3. The Morgan fingerprint density at radius 3 is 2.44 bits per heavy atom. The molecule has 0 aliphatic rings. The number of unbranched alkanes of at least 4 members (excludes halogenated alkanes) is 1. The third kappa shape index (κ3) is 5.57. The number of carbonyl (C=O) groups is 2. The first-order valence-electron chi connectivity index (χ1n) is 10.9. The lowest BCUT2D eigenvalue weighted by Gasteiger charge is -2.33. The molecule has 8 heteroatoms. The molecular weight excluding hydrogens is 406 g/mol. The topological polar surface area (TPSA) is 101 Å². The van der Waals surface area contributed by atoms with Gasteiger partial charge in [-0.3, -0.25) is 9.59 Å². The maximum atomic E-state index is 12.9. The van der Waals surface area contributed by atoms with Crippen LogP contribution in [0.3, 0.4) is 0 Å². The van der Waals surface area contributed by atoms with Gasteiger partial charge in [-0.2, -0.15) is 5.21 Å². The first-order valence-corrected chi connectivity index (χ1v) is 10.9. The van der Waals surface area contributed by atoms with Gasteiger partial charge in [-0.15, -0.1) is 10.2 Å². The summed E-state index contributed by atoms with van der Waals surface area (Å²) in [5.74, 6) is 0.494. The Hall–Kier alpha value is -3.55. The zero-order valence-electron chi connectivity index (χ0n) is 18.7. The summed E-state index contributed by atoms with van der Waals surface area (Å²) in [6, 6.07) is 15.8. The Balaban J connectivity index is 1.85. The lowest BCUT2D eigenvalue weighted by atomic mass is 9.98. The van der Waals surface area contributed by atoms with Crippen molar-refractivity contribution in [1.82, 2.24) is 25.5 Å². The van der Waals surface area contributed by atoms with Crippen molar-refractivity contribution in [2.24, 2.45) is 5.92 Å². The SMILES string of the molecule is CCCCC(=O)N(Cc1ccc(-c2ccccc2-c2nn[nH]n2)cc1)[C@@H](OC=O)C(C)C. The number of hydrogen-bond donors (Lipinski definition) is 1. The predicted octanol–water partition coefficient (Wildman–Crippen LogP) is 4.21. The molecule has 0 bridgehead atoms. The van der Waals surface area contributed by atoms with Gasteiger partial charge in [0.1, 0.15) is 0 Å². The van der Waals surface area contributed by atoms with Gasteiger partial charge in [-0.1, -0.05) is 75.7 Å². The second-order valence-electron chi connectivity index (χ2n) is 7.97. The second-order valence-corrected chi connectivity index (χ2v) is 7.97. The Kier molecular flexibility index (Phi) is 8.08. The highest BCUT2D eigenvalue weighted by Crippen LogP contribution is 2.30. The Bertz CT molecular complexity index is 1000. The van der Waals surface area contributed by atoms with Gasteiger partial charge in [0, 0.05) is 24.4 Å². The standard InChI is InChI=1S/C24H29N5O3/c1-4-5-10-22(31)29(24(17(2)3)32-16-30)15-18-11-13-19(14-12-18)20-8-6-7-9-21(20)23-25-27-28-26-23/h6-9,11-14,16-17,24H,4-5,10,15H2,1-3H3,(H,25,26,27,28)/t24-/m0/s1. The average Bonchev–Trinajstić information content (AvgIpc) is 3.35. The van der Waals surface area contributed by atoms with Gasteiger partial charge >= 0.3 is 0 Å². The smallest absolute Gasteiger partial charge is 0.295 e. The fourth-order valence-electron chi connectivity index (χ4n) is 3.63.